The van der Waals surface area contributed by atoms with E-state index in [1.807, 2.05) is 30.3 Å². The minimum atomic E-state index is -0.529. The molecule has 1 aliphatic heterocycles. The first kappa shape index (κ1) is 20.4. The van der Waals surface area contributed by atoms with Gasteiger partial charge in [-0.15, -0.1) is 0 Å². The molecule has 0 bridgehead atoms. The quantitative estimate of drug-likeness (QED) is 0.282. The Kier molecular flexibility index (Phi) is 5.76. The number of amides is 1. The number of hydrogen-bond acceptors (Lipinski definition) is 6. The van der Waals surface area contributed by atoms with Gasteiger partial charge in [-0.2, -0.15) is 0 Å². The zero-order valence-electron chi connectivity index (χ0n) is 15.6. The molecular formula is C22H14ClNO4S2. The predicted molar refractivity (Wildman–Crippen MR) is 123 cm³/mol. The lowest BCUT2D eigenvalue weighted by Gasteiger charge is -2.13. The highest BCUT2D eigenvalue weighted by Crippen LogP contribution is 2.36. The van der Waals surface area contributed by atoms with Crippen molar-refractivity contribution in [3.63, 3.8) is 0 Å². The Bertz CT molecular complexity index is 1190. The highest BCUT2D eigenvalue weighted by Gasteiger charge is 2.33. The van der Waals surface area contributed by atoms with Gasteiger partial charge in [0.15, 0.2) is 4.32 Å². The standard InChI is InChI=1S/C22H14ClNO4S2/c1-27-21(26)16-11-13(7-9-17(16)23)18-10-8-15(28-18)12-19-20(25)24(22(29)30-19)14-5-3-2-4-6-14/h2-12H,1H3/b19-12+. The molecule has 4 rings (SSSR count). The molecule has 0 N–H and O–H groups in total. The normalized spacial score (nSPS) is 15.1. The predicted octanol–water partition coefficient (Wildman–Crippen LogP) is 5.79. The number of hydrogen-bond donors (Lipinski definition) is 0. The van der Waals surface area contributed by atoms with Crippen LogP contribution in [0.1, 0.15) is 16.1 Å². The smallest absolute Gasteiger partial charge is 0.339 e. The molecule has 0 unspecified atom stereocenters. The van der Waals surface area contributed by atoms with Crippen LogP contribution in [-0.2, 0) is 9.53 Å². The minimum Gasteiger partial charge on any atom is -0.465 e. The maximum atomic E-state index is 12.8. The number of methoxy groups -OCH3 is 1. The summed E-state index contributed by atoms with van der Waals surface area (Å²) in [6, 6.07) is 17.7. The van der Waals surface area contributed by atoms with Crippen molar-refractivity contribution < 1.29 is 18.7 Å². The summed E-state index contributed by atoms with van der Waals surface area (Å²) in [5, 5.41) is 0.293. The number of nitrogens with zero attached hydrogens (tertiary/aromatic N) is 1. The summed E-state index contributed by atoms with van der Waals surface area (Å²) in [6.07, 6.45) is 1.66. The lowest BCUT2D eigenvalue weighted by atomic mass is 10.1. The Morgan fingerprint density at radius 2 is 1.93 bits per heavy atom. The van der Waals surface area contributed by atoms with Gasteiger partial charge in [0.1, 0.15) is 11.5 Å². The van der Waals surface area contributed by atoms with Crippen LogP contribution in [-0.4, -0.2) is 23.3 Å². The molecule has 1 saturated heterocycles. The number of furan rings is 1. The molecule has 30 heavy (non-hydrogen) atoms. The van der Waals surface area contributed by atoms with Crippen molar-refractivity contribution in [2.75, 3.05) is 12.0 Å². The lowest BCUT2D eigenvalue weighted by molar-refractivity contribution is -0.113. The second-order valence-corrected chi connectivity index (χ2v) is 8.32. The summed E-state index contributed by atoms with van der Waals surface area (Å²) in [4.78, 5) is 26.7. The minimum absolute atomic E-state index is 0.200. The van der Waals surface area contributed by atoms with Gasteiger partial charge in [0, 0.05) is 11.6 Å². The highest BCUT2D eigenvalue weighted by molar-refractivity contribution is 8.27. The van der Waals surface area contributed by atoms with E-state index in [0.29, 0.717) is 31.3 Å². The van der Waals surface area contributed by atoms with Crippen LogP contribution in [0.2, 0.25) is 5.02 Å². The second kappa shape index (κ2) is 8.47. The van der Waals surface area contributed by atoms with E-state index in [1.54, 1.807) is 36.4 Å². The van der Waals surface area contributed by atoms with Crippen LogP contribution in [0.5, 0.6) is 0 Å². The van der Waals surface area contributed by atoms with E-state index >= 15 is 0 Å². The number of thiocarbonyl (C=S) groups is 1. The fourth-order valence-electron chi connectivity index (χ4n) is 2.93. The zero-order chi connectivity index (χ0) is 21.3. The average Bonchev–Trinajstić information content (AvgIpc) is 3.33. The van der Waals surface area contributed by atoms with Crippen LogP contribution in [0.4, 0.5) is 5.69 Å². The van der Waals surface area contributed by atoms with E-state index in [2.05, 4.69) is 0 Å². The Balaban J connectivity index is 1.61. The number of thioether (sulfide) groups is 1. The Morgan fingerprint density at radius 1 is 1.17 bits per heavy atom. The van der Waals surface area contributed by atoms with Gasteiger partial charge in [-0.1, -0.05) is 53.8 Å². The number of carbonyl (C=O) groups excluding carboxylic acids is 2. The van der Waals surface area contributed by atoms with Gasteiger partial charge in [0.25, 0.3) is 5.91 Å². The van der Waals surface area contributed by atoms with Gasteiger partial charge in [0.2, 0.25) is 0 Å². The number of halogens is 1. The summed E-state index contributed by atoms with van der Waals surface area (Å²) in [6.45, 7) is 0. The summed E-state index contributed by atoms with van der Waals surface area (Å²) in [5.74, 6) is 0.293. The van der Waals surface area contributed by atoms with Crippen LogP contribution in [0, 0.1) is 0 Å². The molecule has 1 amide bonds. The number of ether oxygens (including phenoxy) is 1. The van der Waals surface area contributed by atoms with Crippen molar-refractivity contribution in [1.29, 1.82) is 0 Å². The third-order valence-corrected chi connectivity index (χ3v) is 6.00. The Morgan fingerprint density at radius 3 is 2.67 bits per heavy atom. The molecule has 3 aromatic rings. The number of esters is 1. The molecule has 0 spiro atoms. The van der Waals surface area contributed by atoms with Crippen molar-refractivity contribution in [3.05, 3.63) is 81.9 Å². The van der Waals surface area contributed by atoms with Crippen LogP contribution >= 0.6 is 35.6 Å². The van der Waals surface area contributed by atoms with Gasteiger partial charge < -0.3 is 9.15 Å². The van der Waals surface area contributed by atoms with E-state index in [4.69, 9.17) is 33.0 Å². The third-order valence-electron chi connectivity index (χ3n) is 4.36. The molecule has 150 valence electrons. The Labute approximate surface area is 187 Å². The Hall–Kier alpha value is -2.87. The second-order valence-electron chi connectivity index (χ2n) is 6.24. The van der Waals surface area contributed by atoms with Crippen molar-refractivity contribution in [3.8, 4) is 11.3 Å². The number of para-hydroxylation sites is 1. The van der Waals surface area contributed by atoms with E-state index in [1.165, 1.54) is 23.8 Å². The lowest BCUT2D eigenvalue weighted by Crippen LogP contribution is -2.27. The topological polar surface area (TPSA) is 59.8 Å². The number of benzene rings is 2. The maximum absolute atomic E-state index is 12.8. The monoisotopic (exact) mass is 455 g/mol. The molecule has 2 aromatic carbocycles. The van der Waals surface area contributed by atoms with Crippen LogP contribution < -0.4 is 4.90 Å². The third kappa shape index (κ3) is 3.92. The fraction of sp³-hybridized carbons (Fsp3) is 0.0455. The molecule has 1 aromatic heterocycles. The number of carbonyl (C=O) groups is 2. The van der Waals surface area contributed by atoms with Crippen molar-refractivity contribution in [2.24, 2.45) is 0 Å². The molecule has 1 fully saturated rings. The van der Waals surface area contributed by atoms with E-state index in [-0.39, 0.29) is 11.5 Å². The summed E-state index contributed by atoms with van der Waals surface area (Å²) >= 11 is 12.7. The average molecular weight is 456 g/mol. The van der Waals surface area contributed by atoms with Crippen LogP contribution in [0.3, 0.4) is 0 Å². The van der Waals surface area contributed by atoms with Crippen molar-refractivity contribution in [2.45, 2.75) is 0 Å². The van der Waals surface area contributed by atoms with Gasteiger partial charge >= 0.3 is 5.97 Å². The van der Waals surface area contributed by atoms with E-state index in [0.717, 1.165) is 5.69 Å². The van der Waals surface area contributed by atoms with Crippen LogP contribution in [0.15, 0.2) is 70.0 Å². The van der Waals surface area contributed by atoms with E-state index in [9.17, 15) is 9.59 Å². The first-order valence-electron chi connectivity index (χ1n) is 8.79. The van der Waals surface area contributed by atoms with Gasteiger partial charge in [-0.3, -0.25) is 9.69 Å². The number of rotatable bonds is 4. The summed E-state index contributed by atoms with van der Waals surface area (Å²) in [5.41, 5.74) is 1.63. The molecule has 0 atom stereocenters. The largest absolute Gasteiger partial charge is 0.465 e. The zero-order valence-corrected chi connectivity index (χ0v) is 18.0. The van der Waals surface area contributed by atoms with Gasteiger partial charge in [-0.25, -0.2) is 4.79 Å². The van der Waals surface area contributed by atoms with Crippen molar-refractivity contribution >= 4 is 63.5 Å². The maximum Gasteiger partial charge on any atom is 0.339 e. The molecule has 8 heteroatoms. The summed E-state index contributed by atoms with van der Waals surface area (Å²) < 4.78 is 11.1. The molecule has 0 aliphatic carbocycles. The molecule has 2 heterocycles. The fourth-order valence-corrected chi connectivity index (χ4v) is 4.40. The van der Waals surface area contributed by atoms with Gasteiger partial charge in [-0.05, 0) is 42.5 Å². The molecular weight excluding hydrogens is 442 g/mol. The first-order valence-corrected chi connectivity index (χ1v) is 10.4. The highest BCUT2D eigenvalue weighted by atomic mass is 35.5. The van der Waals surface area contributed by atoms with E-state index < -0.39 is 5.97 Å². The first-order chi connectivity index (χ1) is 14.5. The molecule has 0 saturated carbocycles. The van der Waals surface area contributed by atoms with Crippen molar-refractivity contribution in [1.82, 2.24) is 0 Å². The summed E-state index contributed by atoms with van der Waals surface area (Å²) in [7, 11) is 1.29. The molecule has 1 aliphatic rings. The number of anilines is 1. The molecule has 0 radical (unpaired) electrons. The SMILES string of the molecule is COC(=O)c1cc(-c2ccc(/C=C3/SC(=S)N(c4ccccc4)C3=O)o2)ccc1Cl. The molecule has 5 nitrogen and oxygen atoms in total. The van der Waals surface area contributed by atoms with Crippen LogP contribution in [0.25, 0.3) is 17.4 Å². The van der Waals surface area contributed by atoms with Gasteiger partial charge in [0.05, 0.1) is 28.3 Å².